The molecule has 3 rings (SSSR count). The summed E-state index contributed by atoms with van der Waals surface area (Å²) in [5.41, 5.74) is 2.03. The van der Waals surface area contributed by atoms with Crippen molar-refractivity contribution in [1.82, 2.24) is 4.31 Å². The van der Waals surface area contributed by atoms with Gasteiger partial charge < -0.3 is 14.7 Å². The summed E-state index contributed by atoms with van der Waals surface area (Å²) in [5.74, 6) is -0.228. The topological polar surface area (TPSA) is 87.2 Å². The number of para-hydroxylation sites is 2. The molecule has 1 heterocycles. The van der Waals surface area contributed by atoms with Crippen LogP contribution in [0.4, 0.5) is 5.69 Å². The van der Waals surface area contributed by atoms with E-state index in [0.717, 1.165) is 11.4 Å². The van der Waals surface area contributed by atoms with Crippen LogP contribution < -0.4 is 9.64 Å². The van der Waals surface area contributed by atoms with Gasteiger partial charge in [-0.05, 0) is 36.2 Å². The number of aryl methyl sites for hydroxylation is 1. The van der Waals surface area contributed by atoms with Gasteiger partial charge in [0.2, 0.25) is 10.0 Å². The number of carboxylic acid groups (broad SMARTS) is 1. The molecule has 1 fully saturated rings. The number of hydrogen-bond donors (Lipinski definition) is 1. The Labute approximate surface area is 165 Å². The zero-order valence-electron chi connectivity index (χ0n) is 16.0. The Hall–Kier alpha value is -2.58. The number of anilines is 1. The molecule has 0 aromatic heterocycles. The van der Waals surface area contributed by atoms with Gasteiger partial charge in [-0.15, -0.1) is 0 Å². The molecule has 0 saturated carbocycles. The number of benzene rings is 2. The number of ether oxygens (including phenoxy) is 1. The molecule has 1 aliphatic heterocycles. The summed E-state index contributed by atoms with van der Waals surface area (Å²) in [6.07, 6.45) is -0.204. The van der Waals surface area contributed by atoms with Gasteiger partial charge in [-0.25, -0.2) is 8.42 Å². The van der Waals surface area contributed by atoms with Crippen LogP contribution in [0.3, 0.4) is 0 Å². The summed E-state index contributed by atoms with van der Waals surface area (Å²) in [6, 6.07) is 12.5. The maximum Gasteiger partial charge on any atom is 0.307 e. The Morgan fingerprint density at radius 1 is 1.11 bits per heavy atom. The molecule has 28 heavy (non-hydrogen) atoms. The third-order valence-electron chi connectivity index (χ3n) is 4.89. The highest BCUT2D eigenvalue weighted by molar-refractivity contribution is 7.89. The molecular weight excluding hydrogens is 380 g/mol. The number of rotatable bonds is 6. The van der Waals surface area contributed by atoms with E-state index in [0.29, 0.717) is 37.3 Å². The molecule has 7 nitrogen and oxygen atoms in total. The second kappa shape index (κ2) is 8.20. The van der Waals surface area contributed by atoms with Crippen LogP contribution in [0.25, 0.3) is 0 Å². The minimum atomic E-state index is -3.69. The maximum atomic E-state index is 13.1. The molecular formula is C20H24N2O5S. The Morgan fingerprint density at radius 3 is 2.43 bits per heavy atom. The molecule has 0 spiro atoms. The van der Waals surface area contributed by atoms with E-state index in [1.54, 1.807) is 26.2 Å². The van der Waals surface area contributed by atoms with E-state index in [1.807, 2.05) is 24.3 Å². The normalized spacial score (nSPS) is 15.4. The van der Waals surface area contributed by atoms with Crippen LogP contribution in [-0.4, -0.2) is 57.1 Å². The lowest BCUT2D eigenvalue weighted by Gasteiger charge is -2.36. The van der Waals surface area contributed by atoms with Gasteiger partial charge >= 0.3 is 5.97 Å². The molecule has 150 valence electrons. The summed E-state index contributed by atoms with van der Waals surface area (Å²) in [7, 11) is -2.07. The number of aliphatic carboxylic acids is 1. The van der Waals surface area contributed by atoms with Gasteiger partial charge in [-0.1, -0.05) is 24.3 Å². The van der Waals surface area contributed by atoms with Gasteiger partial charge in [-0.2, -0.15) is 4.31 Å². The summed E-state index contributed by atoms with van der Waals surface area (Å²) in [6.45, 7) is 3.52. The molecule has 0 radical (unpaired) electrons. The highest BCUT2D eigenvalue weighted by Gasteiger charge is 2.30. The lowest BCUT2D eigenvalue weighted by atomic mass is 10.1. The van der Waals surface area contributed by atoms with Crippen LogP contribution in [-0.2, 0) is 21.2 Å². The maximum absolute atomic E-state index is 13.1. The largest absolute Gasteiger partial charge is 0.495 e. The average Bonchev–Trinajstić information content (AvgIpc) is 2.69. The SMILES string of the molecule is COc1ccccc1N1CCN(S(=O)(=O)c2cc(CC(=O)O)ccc2C)CC1. The van der Waals surface area contributed by atoms with Crippen LogP contribution >= 0.6 is 0 Å². The van der Waals surface area contributed by atoms with Crippen molar-refractivity contribution in [2.45, 2.75) is 18.2 Å². The highest BCUT2D eigenvalue weighted by atomic mass is 32.2. The minimum Gasteiger partial charge on any atom is -0.495 e. The number of hydrogen-bond acceptors (Lipinski definition) is 5. The average molecular weight is 404 g/mol. The summed E-state index contributed by atoms with van der Waals surface area (Å²) < 4.78 is 33.2. The van der Waals surface area contributed by atoms with Crippen molar-refractivity contribution in [2.24, 2.45) is 0 Å². The molecule has 1 N–H and O–H groups in total. The lowest BCUT2D eigenvalue weighted by molar-refractivity contribution is -0.136. The molecule has 8 heteroatoms. The van der Waals surface area contributed by atoms with Gasteiger partial charge in [0.15, 0.2) is 0 Å². The highest BCUT2D eigenvalue weighted by Crippen LogP contribution is 2.30. The Bertz CT molecular complexity index is 966. The van der Waals surface area contributed by atoms with Crippen LogP contribution in [0.2, 0.25) is 0 Å². The molecule has 2 aromatic rings. The van der Waals surface area contributed by atoms with E-state index in [1.165, 1.54) is 10.4 Å². The van der Waals surface area contributed by atoms with E-state index < -0.39 is 16.0 Å². The molecule has 0 unspecified atom stereocenters. The fourth-order valence-corrected chi connectivity index (χ4v) is 5.10. The number of carboxylic acids is 1. The molecule has 1 aliphatic rings. The van der Waals surface area contributed by atoms with Crippen molar-refractivity contribution in [3.05, 3.63) is 53.6 Å². The number of carbonyl (C=O) groups is 1. The zero-order valence-corrected chi connectivity index (χ0v) is 16.8. The number of piperazine rings is 1. The third-order valence-corrected chi connectivity index (χ3v) is 6.93. The first kappa shape index (κ1) is 20.2. The molecule has 1 saturated heterocycles. The number of nitrogens with zero attached hydrogens (tertiary/aromatic N) is 2. The molecule has 0 bridgehead atoms. The molecule has 2 aromatic carbocycles. The Morgan fingerprint density at radius 2 is 1.79 bits per heavy atom. The van der Waals surface area contributed by atoms with E-state index >= 15 is 0 Å². The van der Waals surface area contributed by atoms with Crippen molar-refractivity contribution >= 4 is 21.7 Å². The molecule has 0 aliphatic carbocycles. The summed E-state index contributed by atoms with van der Waals surface area (Å²) >= 11 is 0. The second-order valence-electron chi connectivity index (χ2n) is 6.73. The fraction of sp³-hybridized carbons (Fsp3) is 0.350. The van der Waals surface area contributed by atoms with Crippen molar-refractivity contribution in [3.63, 3.8) is 0 Å². The van der Waals surface area contributed by atoms with Crippen LogP contribution in [0.15, 0.2) is 47.4 Å². The third kappa shape index (κ3) is 4.13. The lowest BCUT2D eigenvalue weighted by Crippen LogP contribution is -2.48. The van der Waals surface area contributed by atoms with E-state index in [4.69, 9.17) is 9.84 Å². The fourth-order valence-electron chi connectivity index (χ4n) is 3.41. The predicted octanol–water partition coefficient (Wildman–Crippen LogP) is 2.14. The van der Waals surface area contributed by atoms with Crippen molar-refractivity contribution in [2.75, 3.05) is 38.2 Å². The van der Waals surface area contributed by atoms with Gasteiger partial charge in [0.25, 0.3) is 0 Å². The first-order valence-electron chi connectivity index (χ1n) is 9.02. The van der Waals surface area contributed by atoms with Gasteiger partial charge in [0, 0.05) is 26.2 Å². The first-order chi connectivity index (χ1) is 13.3. The summed E-state index contributed by atoms with van der Waals surface area (Å²) in [5, 5.41) is 8.98. The first-order valence-corrected chi connectivity index (χ1v) is 10.5. The van der Waals surface area contributed by atoms with Crippen molar-refractivity contribution < 1.29 is 23.1 Å². The van der Waals surface area contributed by atoms with Crippen LogP contribution in [0.1, 0.15) is 11.1 Å². The zero-order chi connectivity index (χ0) is 20.3. The number of methoxy groups -OCH3 is 1. The van der Waals surface area contributed by atoms with Gasteiger partial charge in [0.05, 0.1) is 24.1 Å². The van der Waals surface area contributed by atoms with Crippen LogP contribution in [0, 0.1) is 6.92 Å². The number of sulfonamides is 1. The Kier molecular flexibility index (Phi) is 5.90. The second-order valence-corrected chi connectivity index (χ2v) is 8.64. The van der Waals surface area contributed by atoms with Gasteiger partial charge in [-0.3, -0.25) is 4.79 Å². The predicted molar refractivity (Wildman–Crippen MR) is 106 cm³/mol. The van der Waals surface area contributed by atoms with E-state index in [9.17, 15) is 13.2 Å². The quantitative estimate of drug-likeness (QED) is 0.794. The van der Waals surface area contributed by atoms with Crippen LogP contribution in [0.5, 0.6) is 5.75 Å². The van der Waals surface area contributed by atoms with Crippen molar-refractivity contribution in [1.29, 1.82) is 0 Å². The van der Waals surface area contributed by atoms with E-state index in [2.05, 4.69) is 4.90 Å². The van der Waals surface area contributed by atoms with E-state index in [-0.39, 0.29) is 11.3 Å². The smallest absolute Gasteiger partial charge is 0.307 e. The molecule has 0 amide bonds. The molecule has 0 atom stereocenters. The standard InChI is InChI=1S/C20H24N2O5S/c1-15-7-8-16(14-20(23)24)13-19(15)28(25,26)22-11-9-21(10-12-22)17-5-3-4-6-18(17)27-2/h3-8,13H,9-12,14H2,1-2H3,(H,23,24). The monoisotopic (exact) mass is 404 g/mol. The Balaban J connectivity index is 1.79. The van der Waals surface area contributed by atoms with Crippen molar-refractivity contribution in [3.8, 4) is 5.75 Å². The summed E-state index contributed by atoms with van der Waals surface area (Å²) in [4.78, 5) is 13.3. The van der Waals surface area contributed by atoms with Gasteiger partial charge in [0.1, 0.15) is 5.75 Å². The minimum absolute atomic E-state index is 0.178.